The Hall–Kier alpha value is -0.715. The van der Waals surface area contributed by atoms with Crippen molar-refractivity contribution >= 4 is 24.3 Å². The van der Waals surface area contributed by atoms with Crippen molar-refractivity contribution < 1.29 is 18.4 Å². The van der Waals surface area contributed by atoms with Crippen molar-refractivity contribution in [2.45, 2.75) is 63.7 Å². The van der Waals surface area contributed by atoms with Crippen LogP contribution in [0.15, 0.2) is 17.0 Å². The van der Waals surface area contributed by atoms with Gasteiger partial charge in [0.2, 0.25) is 0 Å². The van der Waals surface area contributed by atoms with Crippen LogP contribution < -0.4 is 10.2 Å². The van der Waals surface area contributed by atoms with Crippen molar-refractivity contribution in [3.05, 3.63) is 17.9 Å². The van der Waals surface area contributed by atoms with Crippen LogP contribution in [0.25, 0.3) is 0 Å². The molecule has 0 radical (unpaired) electrons. The summed E-state index contributed by atoms with van der Waals surface area (Å²) in [6.07, 6.45) is 1.74. The Morgan fingerprint density at radius 2 is 1.68 bits per heavy atom. The lowest BCUT2D eigenvalue weighted by Gasteiger charge is -2.32. The van der Waals surface area contributed by atoms with Gasteiger partial charge in [0.1, 0.15) is 0 Å². The van der Waals surface area contributed by atoms with Crippen molar-refractivity contribution in [2.75, 3.05) is 6.26 Å². The van der Waals surface area contributed by atoms with Crippen molar-refractivity contribution in [3.63, 3.8) is 0 Å². The molecule has 1 aromatic carbocycles. The van der Waals surface area contributed by atoms with Crippen LogP contribution in [0.4, 0.5) is 4.39 Å². The Labute approximate surface area is 137 Å². The van der Waals surface area contributed by atoms with Crippen molar-refractivity contribution in [1.82, 2.24) is 0 Å². The lowest BCUT2D eigenvalue weighted by Crippen LogP contribution is -2.41. The molecule has 2 rings (SSSR count). The third kappa shape index (κ3) is 3.29. The zero-order chi connectivity index (χ0) is 16.7. The van der Waals surface area contributed by atoms with Gasteiger partial charge in [0, 0.05) is 4.90 Å². The van der Waals surface area contributed by atoms with E-state index in [1.165, 1.54) is 11.8 Å². The number of hydrogen-bond donors (Lipinski definition) is 0. The van der Waals surface area contributed by atoms with Gasteiger partial charge in [0.05, 0.1) is 17.3 Å². The predicted molar refractivity (Wildman–Crippen MR) is 89.7 cm³/mol. The molecule has 1 heterocycles. The predicted octanol–water partition coefficient (Wildman–Crippen LogP) is 3.63. The molecule has 0 aromatic heterocycles. The fourth-order valence-electron chi connectivity index (χ4n) is 2.20. The van der Waals surface area contributed by atoms with E-state index in [1.54, 1.807) is 12.1 Å². The van der Waals surface area contributed by atoms with Crippen LogP contribution in [-0.2, 0) is 9.31 Å². The standard InChI is InChI=1S/C16H24BFO3S/c1-10(2)19-12-8-11(9-13(22-7)14(12)18)17-20-15(3,4)16(5,6)21-17/h8-10H,1-7H3. The second-order valence-corrected chi connectivity index (χ2v) is 7.64. The quantitative estimate of drug-likeness (QED) is 0.624. The van der Waals surface area contributed by atoms with E-state index in [0.717, 1.165) is 5.46 Å². The lowest BCUT2D eigenvalue weighted by molar-refractivity contribution is 0.00578. The van der Waals surface area contributed by atoms with Gasteiger partial charge in [-0.2, -0.15) is 0 Å². The van der Waals surface area contributed by atoms with E-state index < -0.39 is 18.3 Å². The average molecular weight is 326 g/mol. The minimum atomic E-state index is -0.522. The van der Waals surface area contributed by atoms with Gasteiger partial charge in [-0.3, -0.25) is 0 Å². The molecule has 3 nitrogen and oxygen atoms in total. The van der Waals surface area contributed by atoms with Crippen molar-refractivity contribution in [1.29, 1.82) is 0 Å². The molecule has 1 aliphatic rings. The van der Waals surface area contributed by atoms with Crippen LogP contribution >= 0.6 is 11.8 Å². The summed E-state index contributed by atoms with van der Waals surface area (Å²) in [6, 6.07) is 3.45. The highest BCUT2D eigenvalue weighted by molar-refractivity contribution is 7.98. The SMILES string of the molecule is CSc1cc(B2OC(C)(C)C(C)(C)O2)cc(OC(C)C)c1F. The van der Waals surface area contributed by atoms with Gasteiger partial charge in [-0.1, -0.05) is 0 Å². The first-order valence-corrected chi connectivity index (χ1v) is 8.69. The molecule has 122 valence electrons. The van der Waals surface area contributed by atoms with Crippen molar-refractivity contribution in [2.24, 2.45) is 0 Å². The highest BCUT2D eigenvalue weighted by Gasteiger charge is 2.52. The fourth-order valence-corrected chi connectivity index (χ4v) is 2.73. The molecular weight excluding hydrogens is 302 g/mol. The van der Waals surface area contributed by atoms with Gasteiger partial charge in [0.25, 0.3) is 0 Å². The van der Waals surface area contributed by atoms with Gasteiger partial charge < -0.3 is 14.0 Å². The Kier molecular flexibility index (Phi) is 4.86. The summed E-state index contributed by atoms with van der Waals surface area (Å²) in [5.41, 5.74) is -0.0741. The van der Waals surface area contributed by atoms with Crippen molar-refractivity contribution in [3.8, 4) is 5.75 Å². The fraction of sp³-hybridized carbons (Fsp3) is 0.625. The molecule has 1 saturated heterocycles. The summed E-state index contributed by atoms with van der Waals surface area (Å²) < 4.78 is 32.0. The molecule has 0 bridgehead atoms. The topological polar surface area (TPSA) is 27.7 Å². The van der Waals surface area contributed by atoms with Gasteiger partial charge in [-0.05, 0) is 65.4 Å². The minimum Gasteiger partial charge on any atom is -0.488 e. The first-order chi connectivity index (χ1) is 10.1. The first kappa shape index (κ1) is 17.6. The molecule has 1 aromatic rings. The summed E-state index contributed by atoms with van der Waals surface area (Å²) in [6.45, 7) is 11.7. The summed E-state index contributed by atoms with van der Waals surface area (Å²) in [4.78, 5) is 0.530. The Balaban J connectivity index is 2.40. The number of ether oxygens (including phenoxy) is 1. The van der Waals surface area contributed by atoms with Gasteiger partial charge in [0.15, 0.2) is 11.6 Å². The van der Waals surface area contributed by atoms with E-state index in [1.807, 2.05) is 47.8 Å². The molecule has 0 atom stereocenters. The van der Waals surface area contributed by atoms with Gasteiger partial charge in [-0.15, -0.1) is 11.8 Å². The van der Waals surface area contributed by atoms with Crippen LogP contribution in [0.3, 0.4) is 0 Å². The minimum absolute atomic E-state index is 0.0993. The van der Waals surface area contributed by atoms with E-state index in [4.69, 9.17) is 14.0 Å². The molecule has 0 saturated carbocycles. The van der Waals surface area contributed by atoms with E-state index in [-0.39, 0.29) is 17.7 Å². The number of benzene rings is 1. The number of halogens is 1. The van der Waals surface area contributed by atoms with E-state index in [2.05, 4.69) is 0 Å². The molecule has 1 fully saturated rings. The monoisotopic (exact) mass is 326 g/mol. The van der Waals surface area contributed by atoms with E-state index in [9.17, 15) is 4.39 Å². The van der Waals surface area contributed by atoms with Crippen LogP contribution in [-0.4, -0.2) is 30.7 Å². The summed E-state index contributed by atoms with van der Waals surface area (Å²) in [7, 11) is -0.522. The van der Waals surface area contributed by atoms with Crippen LogP contribution in [0.2, 0.25) is 0 Å². The maximum absolute atomic E-state index is 14.4. The molecule has 22 heavy (non-hydrogen) atoms. The normalized spacial score (nSPS) is 19.8. The second kappa shape index (κ2) is 6.06. The van der Waals surface area contributed by atoms with Crippen LogP contribution in [0.5, 0.6) is 5.75 Å². The zero-order valence-corrected chi connectivity index (χ0v) is 15.1. The lowest BCUT2D eigenvalue weighted by atomic mass is 9.79. The van der Waals surface area contributed by atoms with E-state index in [0.29, 0.717) is 4.90 Å². The Bertz CT molecular complexity index is 545. The molecule has 0 aliphatic carbocycles. The molecule has 0 N–H and O–H groups in total. The summed E-state index contributed by atoms with van der Waals surface area (Å²) in [5.74, 6) is -0.0898. The highest BCUT2D eigenvalue weighted by atomic mass is 32.2. The number of hydrogen-bond acceptors (Lipinski definition) is 4. The van der Waals surface area contributed by atoms with Crippen LogP contribution in [0, 0.1) is 5.82 Å². The van der Waals surface area contributed by atoms with E-state index >= 15 is 0 Å². The molecule has 0 amide bonds. The summed E-state index contributed by atoms with van der Waals surface area (Å²) >= 11 is 1.34. The molecule has 1 aliphatic heterocycles. The Morgan fingerprint density at radius 1 is 1.14 bits per heavy atom. The van der Waals surface area contributed by atoms with Gasteiger partial charge >= 0.3 is 7.12 Å². The zero-order valence-electron chi connectivity index (χ0n) is 14.3. The number of rotatable bonds is 4. The maximum atomic E-state index is 14.4. The average Bonchev–Trinajstić information content (AvgIpc) is 2.60. The smallest absolute Gasteiger partial charge is 0.488 e. The largest absolute Gasteiger partial charge is 0.495 e. The third-order valence-electron chi connectivity index (χ3n) is 4.14. The van der Waals surface area contributed by atoms with Gasteiger partial charge in [-0.25, -0.2) is 4.39 Å². The van der Waals surface area contributed by atoms with Crippen LogP contribution in [0.1, 0.15) is 41.5 Å². The first-order valence-electron chi connectivity index (χ1n) is 7.47. The molecule has 6 heteroatoms. The molecule has 0 spiro atoms. The highest BCUT2D eigenvalue weighted by Crippen LogP contribution is 2.37. The third-order valence-corrected chi connectivity index (χ3v) is 4.87. The molecule has 0 unspecified atom stereocenters. The Morgan fingerprint density at radius 3 is 2.14 bits per heavy atom. The number of thioether (sulfide) groups is 1. The summed E-state index contributed by atoms with van der Waals surface area (Å²) in [5, 5.41) is 0. The molecular formula is C16H24BFO3S. The second-order valence-electron chi connectivity index (χ2n) is 6.79. The maximum Gasteiger partial charge on any atom is 0.495 e.